The highest BCUT2D eigenvalue weighted by Crippen LogP contribution is 2.31. The van der Waals surface area contributed by atoms with Crippen LogP contribution in [0.2, 0.25) is 10.0 Å². The van der Waals surface area contributed by atoms with Crippen molar-refractivity contribution in [3.63, 3.8) is 0 Å². The number of carbonyl (C=O) groups excluding carboxylic acids is 1. The number of hydrogen-bond donors (Lipinski definition) is 1. The van der Waals surface area contributed by atoms with Crippen molar-refractivity contribution in [3.05, 3.63) is 63.9 Å². The van der Waals surface area contributed by atoms with Crippen molar-refractivity contribution in [1.29, 1.82) is 0 Å². The van der Waals surface area contributed by atoms with Crippen molar-refractivity contribution < 1.29 is 9.18 Å². The Labute approximate surface area is 181 Å². The van der Waals surface area contributed by atoms with E-state index >= 15 is 0 Å². The standard InChI is InChI=1S/C19H18Cl2FN5OS/c1-11(18(28)26(2)10-12-4-3-5-14(22)8-12)29-19-25-24-17(27(19)23)15-7-6-13(20)9-16(15)21/h3-9,11H,10,23H2,1-2H3. The van der Waals surface area contributed by atoms with E-state index in [9.17, 15) is 9.18 Å². The summed E-state index contributed by atoms with van der Waals surface area (Å²) in [5.41, 5.74) is 1.29. The topological polar surface area (TPSA) is 77.0 Å². The maximum atomic E-state index is 13.3. The molecular formula is C19H18Cl2FN5OS. The predicted molar refractivity (Wildman–Crippen MR) is 114 cm³/mol. The van der Waals surface area contributed by atoms with E-state index in [1.54, 1.807) is 44.3 Å². The average molecular weight is 454 g/mol. The zero-order valence-corrected chi connectivity index (χ0v) is 18.0. The van der Waals surface area contributed by atoms with Crippen LogP contribution < -0.4 is 5.84 Å². The molecule has 1 amide bonds. The Morgan fingerprint density at radius 3 is 2.72 bits per heavy atom. The molecule has 6 nitrogen and oxygen atoms in total. The molecule has 1 atom stereocenters. The summed E-state index contributed by atoms with van der Waals surface area (Å²) in [5.74, 6) is 6.00. The van der Waals surface area contributed by atoms with E-state index in [4.69, 9.17) is 29.0 Å². The monoisotopic (exact) mass is 453 g/mol. The van der Waals surface area contributed by atoms with E-state index in [1.165, 1.54) is 33.5 Å². The number of nitrogen functional groups attached to an aromatic ring is 1. The van der Waals surface area contributed by atoms with Crippen molar-refractivity contribution in [3.8, 4) is 11.4 Å². The van der Waals surface area contributed by atoms with Crippen LogP contribution in [0.1, 0.15) is 12.5 Å². The highest BCUT2D eigenvalue weighted by molar-refractivity contribution is 8.00. The van der Waals surface area contributed by atoms with Crippen LogP contribution in [0, 0.1) is 5.82 Å². The zero-order valence-electron chi connectivity index (χ0n) is 15.6. The van der Waals surface area contributed by atoms with Crippen LogP contribution in [0.25, 0.3) is 11.4 Å². The maximum absolute atomic E-state index is 13.3. The van der Waals surface area contributed by atoms with Gasteiger partial charge in [0, 0.05) is 24.2 Å². The number of amides is 1. The summed E-state index contributed by atoms with van der Waals surface area (Å²) in [6.45, 7) is 2.04. The lowest BCUT2D eigenvalue weighted by Crippen LogP contribution is -2.33. The molecule has 0 saturated heterocycles. The molecule has 0 saturated carbocycles. The fourth-order valence-corrected chi connectivity index (χ4v) is 4.10. The van der Waals surface area contributed by atoms with E-state index in [0.717, 1.165) is 0 Å². The second-order valence-corrected chi connectivity index (χ2v) is 8.54. The smallest absolute Gasteiger partial charge is 0.235 e. The summed E-state index contributed by atoms with van der Waals surface area (Å²) in [5, 5.41) is 8.94. The minimum absolute atomic E-state index is 0.145. The first-order valence-electron chi connectivity index (χ1n) is 8.58. The Morgan fingerprint density at radius 2 is 2.03 bits per heavy atom. The molecule has 1 unspecified atom stereocenters. The first-order valence-corrected chi connectivity index (χ1v) is 10.2. The number of thioether (sulfide) groups is 1. The van der Waals surface area contributed by atoms with Crippen molar-refractivity contribution >= 4 is 40.9 Å². The molecule has 2 aromatic carbocycles. The van der Waals surface area contributed by atoms with Gasteiger partial charge < -0.3 is 10.7 Å². The number of carbonyl (C=O) groups is 1. The maximum Gasteiger partial charge on any atom is 0.235 e. The van der Waals surface area contributed by atoms with Gasteiger partial charge in [0.15, 0.2) is 5.82 Å². The minimum atomic E-state index is -0.478. The molecule has 152 valence electrons. The van der Waals surface area contributed by atoms with Gasteiger partial charge in [0.05, 0.1) is 10.3 Å². The van der Waals surface area contributed by atoms with Gasteiger partial charge in [0.25, 0.3) is 0 Å². The SMILES string of the molecule is CC(Sc1nnc(-c2ccc(Cl)cc2Cl)n1N)C(=O)N(C)Cc1cccc(F)c1. The van der Waals surface area contributed by atoms with Crippen LogP contribution in [0.15, 0.2) is 47.6 Å². The van der Waals surface area contributed by atoms with E-state index < -0.39 is 5.25 Å². The molecular weight excluding hydrogens is 436 g/mol. The first kappa shape index (κ1) is 21.4. The van der Waals surface area contributed by atoms with Crippen LogP contribution in [0.5, 0.6) is 0 Å². The number of nitrogens with zero attached hydrogens (tertiary/aromatic N) is 4. The summed E-state index contributed by atoms with van der Waals surface area (Å²) in [7, 11) is 1.66. The van der Waals surface area contributed by atoms with Gasteiger partial charge in [0.2, 0.25) is 11.1 Å². The van der Waals surface area contributed by atoms with Crippen molar-refractivity contribution in [1.82, 2.24) is 19.8 Å². The third-order valence-corrected chi connectivity index (χ3v) is 5.74. The van der Waals surface area contributed by atoms with Gasteiger partial charge in [-0.15, -0.1) is 10.2 Å². The van der Waals surface area contributed by atoms with Crippen LogP contribution in [0.3, 0.4) is 0 Å². The van der Waals surface area contributed by atoms with E-state index in [0.29, 0.717) is 38.7 Å². The van der Waals surface area contributed by atoms with Crippen LogP contribution in [0.4, 0.5) is 4.39 Å². The highest BCUT2D eigenvalue weighted by atomic mass is 35.5. The largest absolute Gasteiger partial charge is 0.340 e. The lowest BCUT2D eigenvalue weighted by molar-refractivity contribution is -0.129. The Hall–Kier alpha value is -2.29. The highest BCUT2D eigenvalue weighted by Gasteiger charge is 2.23. The third kappa shape index (κ3) is 5.01. The van der Waals surface area contributed by atoms with Crippen LogP contribution in [-0.4, -0.2) is 38.0 Å². The van der Waals surface area contributed by atoms with Gasteiger partial charge >= 0.3 is 0 Å². The number of aromatic nitrogens is 3. The fraction of sp³-hybridized carbons (Fsp3) is 0.211. The van der Waals surface area contributed by atoms with E-state index in [-0.39, 0.29) is 11.7 Å². The molecule has 3 rings (SSSR count). The fourth-order valence-electron chi connectivity index (χ4n) is 2.72. The molecule has 1 heterocycles. The Balaban J connectivity index is 1.71. The van der Waals surface area contributed by atoms with E-state index in [2.05, 4.69) is 10.2 Å². The molecule has 2 N–H and O–H groups in total. The summed E-state index contributed by atoms with van der Waals surface area (Å²) in [6.07, 6.45) is 0. The molecule has 0 aliphatic rings. The number of nitrogens with two attached hydrogens (primary N) is 1. The molecule has 10 heteroatoms. The normalized spacial score (nSPS) is 12.0. The molecule has 0 bridgehead atoms. The lowest BCUT2D eigenvalue weighted by Gasteiger charge is -2.21. The Bertz CT molecular complexity index is 1050. The third-order valence-electron chi connectivity index (χ3n) is 4.15. The first-order chi connectivity index (χ1) is 13.8. The van der Waals surface area contributed by atoms with E-state index in [1.807, 2.05) is 0 Å². The number of hydrogen-bond acceptors (Lipinski definition) is 5. The Kier molecular flexibility index (Phi) is 6.66. The Morgan fingerprint density at radius 1 is 1.28 bits per heavy atom. The van der Waals surface area contributed by atoms with Gasteiger partial charge in [-0.1, -0.05) is 47.1 Å². The molecule has 0 aliphatic carbocycles. The quantitative estimate of drug-likeness (QED) is 0.445. The lowest BCUT2D eigenvalue weighted by atomic mass is 10.2. The predicted octanol–water partition coefficient (Wildman–Crippen LogP) is 4.24. The van der Waals surface area contributed by atoms with Gasteiger partial charge in [-0.05, 0) is 42.8 Å². The number of halogens is 3. The molecule has 0 spiro atoms. The van der Waals surface area contributed by atoms with Crippen LogP contribution >= 0.6 is 35.0 Å². The zero-order chi connectivity index (χ0) is 21.1. The van der Waals surface area contributed by atoms with Gasteiger partial charge in [-0.2, -0.15) is 0 Å². The average Bonchev–Trinajstić information content (AvgIpc) is 3.01. The van der Waals surface area contributed by atoms with Crippen molar-refractivity contribution in [2.45, 2.75) is 23.9 Å². The number of benzene rings is 2. The summed E-state index contributed by atoms with van der Waals surface area (Å²) < 4.78 is 14.6. The number of rotatable bonds is 6. The molecule has 1 aromatic heterocycles. The van der Waals surface area contributed by atoms with Crippen LogP contribution in [-0.2, 0) is 11.3 Å². The molecule has 0 fully saturated rings. The second kappa shape index (κ2) is 9.02. The molecule has 0 aliphatic heterocycles. The molecule has 3 aromatic rings. The van der Waals surface area contributed by atoms with Gasteiger partial charge in [0.1, 0.15) is 5.82 Å². The van der Waals surface area contributed by atoms with Gasteiger partial charge in [-0.25, -0.2) is 9.07 Å². The van der Waals surface area contributed by atoms with Crippen molar-refractivity contribution in [2.75, 3.05) is 12.9 Å². The summed E-state index contributed by atoms with van der Waals surface area (Å²) >= 11 is 13.3. The summed E-state index contributed by atoms with van der Waals surface area (Å²) in [4.78, 5) is 14.2. The molecule has 29 heavy (non-hydrogen) atoms. The second-order valence-electron chi connectivity index (χ2n) is 6.38. The van der Waals surface area contributed by atoms with Crippen molar-refractivity contribution in [2.24, 2.45) is 0 Å². The summed E-state index contributed by atoms with van der Waals surface area (Å²) in [6, 6.07) is 11.1. The van der Waals surface area contributed by atoms with Gasteiger partial charge in [-0.3, -0.25) is 4.79 Å². The molecule has 0 radical (unpaired) electrons. The minimum Gasteiger partial charge on any atom is -0.340 e.